The van der Waals surface area contributed by atoms with Crippen LogP contribution < -0.4 is 0 Å². The molecule has 2 aromatic rings. The average Bonchev–Trinajstić information content (AvgIpc) is 2.44. The van der Waals surface area contributed by atoms with Gasteiger partial charge in [-0.1, -0.05) is 6.08 Å². The third kappa shape index (κ3) is 3.52. The molecule has 0 aliphatic rings. The van der Waals surface area contributed by atoms with Gasteiger partial charge in [0.2, 0.25) is 0 Å². The largest absolute Gasteiger partial charge is 0.507 e. The number of phenolic OH excluding ortho intramolecular Hbond substituents is 2. The first-order valence-electron chi connectivity index (χ1n) is 6.51. The van der Waals surface area contributed by atoms with Gasteiger partial charge in [-0.15, -0.1) is 6.58 Å². The number of hydrogen-bond donors (Lipinski definition) is 4. The van der Waals surface area contributed by atoms with Gasteiger partial charge in [0.1, 0.15) is 15.5 Å². The summed E-state index contributed by atoms with van der Waals surface area (Å²) in [7, 11) is -14.4. The smallest absolute Gasteiger partial charge is 0.298 e. The summed E-state index contributed by atoms with van der Waals surface area (Å²) in [6.07, 6.45) is 0.935. The van der Waals surface area contributed by atoms with Crippen molar-refractivity contribution in [3.8, 4) is 11.5 Å². The molecule has 2 rings (SSSR count). The maximum Gasteiger partial charge on any atom is 0.298 e. The van der Waals surface area contributed by atoms with Gasteiger partial charge in [0.15, 0.2) is 15.6 Å². The lowest BCUT2D eigenvalue weighted by Gasteiger charge is -2.14. The topological polar surface area (TPSA) is 183 Å². The third-order valence-electron chi connectivity index (χ3n) is 3.31. The molecule has 0 atom stereocenters. The Labute approximate surface area is 148 Å². The van der Waals surface area contributed by atoms with Crippen molar-refractivity contribution in [2.24, 2.45) is 0 Å². The number of hydrogen-bond acceptors (Lipinski definition) is 8. The van der Waals surface area contributed by atoms with Gasteiger partial charge in [0, 0.05) is 11.5 Å². The van der Waals surface area contributed by atoms with Gasteiger partial charge in [0.05, 0.1) is 10.6 Å². The van der Waals surface area contributed by atoms with Gasteiger partial charge in [-0.25, -0.2) is 8.42 Å². The SMILES string of the molecule is C=CCS(=O)(=O)c1c(O)c(S(=O)(=O)O)cc2cc(S(=O)(=O)O)cc(O)c12. The zero-order chi connectivity index (χ0) is 20.1. The molecule has 0 fully saturated rings. The van der Waals surface area contributed by atoms with E-state index in [-0.39, 0.29) is 0 Å². The number of fused-ring (bicyclic) bond motifs is 1. The van der Waals surface area contributed by atoms with E-state index in [1.54, 1.807) is 0 Å². The van der Waals surface area contributed by atoms with Crippen LogP contribution in [0.2, 0.25) is 0 Å². The molecule has 26 heavy (non-hydrogen) atoms. The Balaban J connectivity index is 3.20. The zero-order valence-electron chi connectivity index (χ0n) is 12.7. The van der Waals surface area contributed by atoms with Gasteiger partial charge in [-0.05, 0) is 17.5 Å². The molecule has 10 nitrogen and oxygen atoms in total. The summed E-state index contributed by atoms with van der Waals surface area (Å²) in [6.45, 7) is 3.22. The quantitative estimate of drug-likeness (QED) is 0.393. The zero-order valence-corrected chi connectivity index (χ0v) is 15.1. The number of benzene rings is 2. The van der Waals surface area contributed by atoms with Crippen LogP contribution in [0.4, 0.5) is 0 Å². The van der Waals surface area contributed by atoms with Crippen molar-refractivity contribution < 1.29 is 44.6 Å². The average molecular weight is 424 g/mol. The first-order chi connectivity index (χ1) is 11.7. The summed E-state index contributed by atoms with van der Waals surface area (Å²) >= 11 is 0. The monoisotopic (exact) mass is 424 g/mol. The minimum Gasteiger partial charge on any atom is -0.507 e. The number of rotatable bonds is 5. The molecular weight excluding hydrogens is 412 g/mol. The summed E-state index contributed by atoms with van der Waals surface area (Å²) in [5, 5.41) is 19.1. The van der Waals surface area contributed by atoms with E-state index < -0.39 is 72.8 Å². The molecule has 0 heterocycles. The molecule has 0 aliphatic heterocycles. The van der Waals surface area contributed by atoms with Crippen molar-refractivity contribution in [2.45, 2.75) is 14.7 Å². The molecule has 0 saturated carbocycles. The summed E-state index contributed by atoms with van der Waals surface area (Å²) < 4.78 is 88.5. The summed E-state index contributed by atoms with van der Waals surface area (Å²) in [4.78, 5) is -3.12. The third-order valence-corrected chi connectivity index (χ3v) is 6.70. The van der Waals surface area contributed by atoms with Crippen LogP contribution in [0, 0.1) is 0 Å². The predicted molar refractivity (Wildman–Crippen MR) is 89.2 cm³/mol. The van der Waals surface area contributed by atoms with Crippen molar-refractivity contribution in [1.82, 2.24) is 0 Å². The van der Waals surface area contributed by atoms with Gasteiger partial charge in [0.25, 0.3) is 20.2 Å². The highest BCUT2D eigenvalue weighted by Gasteiger charge is 2.30. The highest BCUT2D eigenvalue weighted by Crippen LogP contribution is 2.42. The van der Waals surface area contributed by atoms with Crippen LogP contribution in [0.1, 0.15) is 0 Å². The first kappa shape index (κ1) is 20.1. The van der Waals surface area contributed by atoms with Gasteiger partial charge < -0.3 is 10.2 Å². The lowest BCUT2D eigenvalue weighted by molar-refractivity contribution is 0.431. The van der Waals surface area contributed by atoms with E-state index in [9.17, 15) is 40.0 Å². The van der Waals surface area contributed by atoms with Gasteiger partial charge in [-0.3, -0.25) is 9.11 Å². The van der Waals surface area contributed by atoms with E-state index >= 15 is 0 Å². The minimum atomic E-state index is -5.12. The summed E-state index contributed by atoms with van der Waals surface area (Å²) in [6, 6.07) is 1.75. The highest BCUT2D eigenvalue weighted by molar-refractivity contribution is 7.92. The van der Waals surface area contributed by atoms with E-state index in [2.05, 4.69) is 6.58 Å². The second-order valence-corrected chi connectivity index (χ2v) is 9.90. The molecule has 0 amide bonds. The van der Waals surface area contributed by atoms with Gasteiger partial charge >= 0.3 is 0 Å². The Morgan fingerprint density at radius 1 is 0.923 bits per heavy atom. The molecular formula is C13H12O10S3. The Morgan fingerprint density at radius 2 is 1.50 bits per heavy atom. The molecule has 0 aliphatic carbocycles. The molecule has 0 saturated heterocycles. The van der Waals surface area contributed by atoms with Crippen LogP contribution in [0.5, 0.6) is 11.5 Å². The maximum atomic E-state index is 12.4. The molecule has 2 aromatic carbocycles. The normalized spacial score (nSPS) is 13.0. The van der Waals surface area contributed by atoms with Crippen molar-refractivity contribution >= 4 is 40.8 Å². The van der Waals surface area contributed by atoms with Crippen molar-refractivity contribution in [1.29, 1.82) is 0 Å². The summed E-state index contributed by atoms with van der Waals surface area (Å²) in [5.41, 5.74) is 0. The summed E-state index contributed by atoms with van der Waals surface area (Å²) in [5.74, 6) is -3.07. The fraction of sp³-hybridized carbons (Fsp3) is 0.0769. The Morgan fingerprint density at radius 3 is 1.96 bits per heavy atom. The van der Waals surface area contributed by atoms with Crippen molar-refractivity contribution in [3.63, 3.8) is 0 Å². The Hall–Kier alpha value is -2.19. The molecule has 0 spiro atoms. The second kappa shape index (κ2) is 6.21. The standard InChI is InChI=1S/C13H12O10S3/c1-2-3-24(16,17)13-11-7(5-10(12(13)15)26(21,22)23)4-8(6-9(11)14)25(18,19)20/h2,4-6,14-15H,1,3H2,(H,18,19,20)(H,21,22,23). The Bertz CT molecular complexity index is 1240. The van der Waals surface area contributed by atoms with Gasteiger partial charge in [-0.2, -0.15) is 16.8 Å². The van der Waals surface area contributed by atoms with Crippen LogP contribution in [0.3, 0.4) is 0 Å². The van der Waals surface area contributed by atoms with Crippen molar-refractivity contribution in [3.05, 3.63) is 30.9 Å². The number of aromatic hydroxyl groups is 2. The van der Waals surface area contributed by atoms with Crippen LogP contribution >= 0.6 is 0 Å². The van der Waals surface area contributed by atoms with E-state index in [0.717, 1.165) is 6.08 Å². The fourth-order valence-corrected chi connectivity index (χ4v) is 4.95. The minimum absolute atomic E-state index is 0.481. The Kier molecular flexibility index (Phi) is 4.80. The van der Waals surface area contributed by atoms with Crippen LogP contribution in [-0.2, 0) is 30.1 Å². The van der Waals surface area contributed by atoms with E-state index in [1.807, 2.05) is 0 Å². The molecule has 0 bridgehead atoms. The van der Waals surface area contributed by atoms with Crippen LogP contribution in [0.25, 0.3) is 10.8 Å². The second-order valence-electron chi connectivity index (χ2n) is 5.11. The van der Waals surface area contributed by atoms with E-state index in [0.29, 0.717) is 18.2 Å². The fourth-order valence-electron chi connectivity index (χ4n) is 2.31. The number of sulfone groups is 1. The number of phenols is 2. The molecule has 13 heteroatoms. The molecule has 0 unspecified atom stereocenters. The molecule has 0 aromatic heterocycles. The van der Waals surface area contributed by atoms with E-state index in [4.69, 9.17) is 4.55 Å². The van der Waals surface area contributed by atoms with Crippen LogP contribution in [-0.4, -0.2) is 50.3 Å². The molecule has 142 valence electrons. The predicted octanol–water partition coefficient (Wildman–Crippen LogP) is 0.704. The van der Waals surface area contributed by atoms with Crippen molar-refractivity contribution in [2.75, 3.05) is 5.75 Å². The van der Waals surface area contributed by atoms with Crippen LogP contribution in [0.15, 0.2) is 45.5 Å². The lowest BCUT2D eigenvalue weighted by Crippen LogP contribution is -2.09. The maximum absolute atomic E-state index is 12.4. The highest BCUT2D eigenvalue weighted by atomic mass is 32.2. The molecule has 4 N–H and O–H groups in total. The first-order valence-corrected chi connectivity index (χ1v) is 11.0. The molecule has 0 radical (unpaired) electrons. The lowest BCUT2D eigenvalue weighted by atomic mass is 10.1. The van der Waals surface area contributed by atoms with E-state index in [1.165, 1.54) is 0 Å².